The summed E-state index contributed by atoms with van der Waals surface area (Å²) in [5.41, 5.74) is 3.24. The van der Waals surface area contributed by atoms with Crippen LogP contribution >= 0.6 is 20.7 Å². The van der Waals surface area contributed by atoms with Gasteiger partial charge in [-0.25, -0.2) is 18.7 Å². The molecule has 2 rings (SSSR count). The number of carbonyl (C=O) groups excluding carboxylic acids is 1. The molecule has 1 aliphatic heterocycles. The molecule has 1 aliphatic rings. The minimum Gasteiger partial charge on any atom is -0.394 e. The molecule has 11 heteroatoms. The van der Waals surface area contributed by atoms with E-state index < -0.39 is 49.8 Å². The van der Waals surface area contributed by atoms with Gasteiger partial charge in [-0.2, -0.15) is 5.48 Å². The highest BCUT2D eigenvalue weighted by atomic mass is 127. The molecule has 0 fully saturated rings. The largest absolute Gasteiger partial charge is 0.394 e. The fourth-order valence-electron chi connectivity index (χ4n) is 2.04. The van der Waals surface area contributed by atoms with E-state index in [1.165, 1.54) is 17.2 Å². The Morgan fingerprint density at radius 1 is 1.30 bits per heavy atom. The van der Waals surface area contributed by atoms with Gasteiger partial charge in [-0.1, -0.05) is 20.7 Å². The van der Waals surface area contributed by atoms with Crippen molar-refractivity contribution in [1.82, 2.24) is 11.0 Å². The monoisotopic (exact) mass is 499 g/mol. The Kier molecular flexibility index (Phi) is 8.37. The van der Waals surface area contributed by atoms with Gasteiger partial charge in [0.1, 0.15) is 0 Å². The smallest absolute Gasteiger partial charge is 0.277 e. The van der Waals surface area contributed by atoms with Crippen molar-refractivity contribution in [3.63, 3.8) is 0 Å². The lowest BCUT2D eigenvalue weighted by molar-refractivity contribution is 0.0168. The zero-order valence-electron chi connectivity index (χ0n) is 14.1. The molecule has 1 heterocycles. The number of hydroxylamine groups is 2. The molecular weight excluding hydrogens is 482 g/mol. The highest BCUT2D eigenvalue weighted by Crippen LogP contribution is 2.29. The second kappa shape index (κ2) is 10.5. The van der Waals surface area contributed by atoms with Crippen molar-refractivity contribution in [2.24, 2.45) is 0 Å². The fourth-order valence-corrected chi connectivity index (χ4v) is 3.47. The van der Waals surface area contributed by atoms with E-state index in [1.54, 1.807) is 4.08 Å². The van der Waals surface area contributed by atoms with Crippen LogP contribution in [0.15, 0.2) is 27.7 Å². The van der Waals surface area contributed by atoms with Gasteiger partial charge in [-0.3, -0.25) is 9.63 Å². The number of aliphatic hydroxyl groups is 1. The average molecular weight is 499 g/mol. The van der Waals surface area contributed by atoms with Crippen molar-refractivity contribution in [2.75, 3.05) is 25.6 Å². The summed E-state index contributed by atoms with van der Waals surface area (Å²) >= 11 is -0.578. The Bertz CT molecular complexity index is 800. The molecule has 0 atom stereocenters. The number of amides is 1. The van der Waals surface area contributed by atoms with E-state index in [1.807, 2.05) is 5.48 Å². The average Bonchev–Trinajstić information content (AvgIpc) is 2.66. The molecule has 1 aromatic rings. The van der Waals surface area contributed by atoms with Crippen LogP contribution in [0.25, 0.3) is 0 Å². The summed E-state index contributed by atoms with van der Waals surface area (Å²) in [4.78, 5) is 21.7. The first-order valence-corrected chi connectivity index (χ1v) is 10.1. The third-order valence-electron chi connectivity index (χ3n) is 3.27. The van der Waals surface area contributed by atoms with Gasteiger partial charge in [-0.05, 0) is 16.2 Å². The SMILES string of the molecule is CONCc1cc(C(=O)NOCCO)c(NC2=C(F)C=IC=C2)c(F)c1F. The molecule has 27 heavy (non-hydrogen) atoms. The molecule has 0 aliphatic carbocycles. The molecule has 0 saturated heterocycles. The van der Waals surface area contributed by atoms with Crippen molar-refractivity contribution < 1.29 is 32.7 Å². The molecule has 0 radical (unpaired) electrons. The molecule has 7 nitrogen and oxygen atoms in total. The Hall–Kier alpha value is -1.80. The number of anilines is 1. The molecule has 0 aromatic heterocycles. The number of allylic oxidation sites excluding steroid dienone is 2. The van der Waals surface area contributed by atoms with Gasteiger partial charge < -0.3 is 15.3 Å². The lowest BCUT2D eigenvalue weighted by Crippen LogP contribution is -2.27. The van der Waals surface area contributed by atoms with E-state index in [2.05, 4.69) is 15.6 Å². The van der Waals surface area contributed by atoms with Crippen LogP contribution in [-0.4, -0.2) is 35.3 Å². The number of carbonyl (C=O) groups is 1. The molecule has 0 saturated carbocycles. The standard InChI is InChI=1S/C16H17F3IN3O4/c1-26-21-8-9-6-10(16(25)23-27-5-4-24)15(14(19)13(9)18)22-12-2-3-20-7-11(12)17/h2-3,6-7,21-22,24H,4-5,8H2,1H3,(H,23,25). The zero-order chi connectivity index (χ0) is 19.8. The second-order valence-corrected chi connectivity index (χ2v) is 7.09. The summed E-state index contributed by atoms with van der Waals surface area (Å²) in [5.74, 6) is -4.09. The van der Waals surface area contributed by atoms with Crippen LogP contribution < -0.4 is 16.3 Å². The minimum atomic E-state index is -1.35. The minimum absolute atomic E-state index is 0.0904. The Balaban J connectivity index is 2.45. The van der Waals surface area contributed by atoms with Crippen LogP contribution in [0.1, 0.15) is 15.9 Å². The lowest BCUT2D eigenvalue weighted by Gasteiger charge is -2.17. The normalized spacial score (nSPS) is 13.5. The summed E-state index contributed by atoms with van der Waals surface area (Å²) in [6.45, 7) is -0.766. The maximum absolute atomic E-state index is 14.6. The molecular formula is C16H17F3IN3O4. The number of benzene rings is 1. The maximum atomic E-state index is 14.6. The fraction of sp³-hybridized carbons (Fsp3) is 0.250. The first kappa shape index (κ1) is 21.5. The summed E-state index contributed by atoms with van der Waals surface area (Å²) < 4.78 is 46.0. The summed E-state index contributed by atoms with van der Waals surface area (Å²) in [5, 5.41) is 11.1. The Morgan fingerprint density at radius 2 is 2.07 bits per heavy atom. The maximum Gasteiger partial charge on any atom is 0.277 e. The van der Waals surface area contributed by atoms with Crippen molar-refractivity contribution >= 4 is 36.3 Å². The number of aliphatic hydroxyl groups excluding tert-OH is 1. The summed E-state index contributed by atoms with van der Waals surface area (Å²) in [6.07, 6.45) is 1.41. The van der Waals surface area contributed by atoms with Crippen LogP contribution in [0.3, 0.4) is 0 Å². The third-order valence-corrected chi connectivity index (χ3v) is 4.95. The number of hydrogen-bond donors (Lipinski definition) is 4. The van der Waals surface area contributed by atoms with Gasteiger partial charge in [0, 0.05) is 16.1 Å². The highest BCUT2D eigenvalue weighted by molar-refractivity contribution is 14.2. The van der Waals surface area contributed by atoms with Crippen LogP contribution in [0.5, 0.6) is 0 Å². The molecule has 0 unspecified atom stereocenters. The van der Waals surface area contributed by atoms with Gasteiger partial charge in [0.05, 0.1) is 37.3 Å². The molecule has 0 spiro atoms. The quantitative estimate of drug-likeness (QED) is 0.237. The first-order chi connectivity index (χ1) is 13.0. The van der Waals surface area contributed by atoms with E-state index in [4.69, 9.17) is 9.94 Å². The summed E-state index contributed by atoms with van der Waals surface area (Å²) in [6, 6.07) is 1.09. The predicted molar refractivity (Wildman–Crippen MR) is 102 cm³/mol. The van der Waals surface area contributed by atoms with Crippen LogP contribution in [0, 0.1) is 11.6 Å². The van der Waals surface area contributed by atoms with Gasteiger partial charge in [0.15, 0.2) is 17.5 Å². The van der Waals surface area contributed by atoms with Gasteiger partial charge in [-0.15, -0.1) is 0 Å². The topological polar surface area (TPSA) is 91.9 Å². The lowest BCUT2D eigenvalue weighted by atomic mass is 10.1. The second-order valence-electron chi connectivity index (χ2n) is 5.03. The number of hydrogen-bond acceptors (Lipinski definition) is 6. The number of rotatable bonds is 9. The van der Waals surface area contributed by atoms with Gasteiger partial charge >= 0.3 is 0 Å². The number of halogens is 4. The number of nitrogens with one attached hydrogen (secondary N) is 3. The highest BCUT2D eigenvalue weighted by Gasteiger charge is 2.24. The predicted octanol–water partition coefficient (Wildman–Crippen LogP) is 2.16. The zero-order valence-corrected chi connectivity index (χ0v) is 16.3. The summed E-state index contributed by atoms with van der Waals surface area (Å²) in [7, 11) is 1.30. The van der Waals surface area contributed by atoms with E-state index in [9.17, 15) is 18.0 Å². The molecule has 148 valence electrons. The molecule has 4 N–H and O–H groups in total. The van der Waals surface area contributed by atoms with Crippen molar-refractivity contribution in [3.05, 3.63) is 50.5 Å². The van der Waals surface area contributed by atoms with Gasteiger partial charge in [0.25, 0.3) is 5.91 Å². The molecule has 0 bridgehead atoms. The van der Waals surface area contributed by atoms with E-state index >= 15 is 0 Å². The van der Waals surface area contributed by atoms with Gasteiger partial charge in [0.2, 0.25) is 0 Å². The van der Waals surface area contributed by atoms with E-state index in [-0.39, 0.29) is 36.6 Å². The van der Waals surface area contributed by atoms with E-state index in [0.717, 1.165) is 6.07 Å². The Labute approximate surface area is 162 Å². The van der Waals surface area contributed by atoms with Crippen molar-refractivity contribution in [1.29, 1.82) is 0 Å². The molecule has 1 aromatic carbocycles. The Morgan fingerprint density at radius 3 is 2.74 bits per heavy atom. The molecule has 1 amide bonds. The van der Waals surface area contributed by atoms with E-state index in [0.29, 0.717) is 0 Å². The van der Waals surface area contributed by atoms with Crippen LogP contribution in [-0.2, 0) is 16.2 Å². The first-order valence-electron chi connectivity index (χ1n) is 7.57. The third kappa shape index (κ3) is 5.59. The van der Waals surface area contributed by atoms with Crippen LogP contribution in [0.2, 0.25) is 0 Å². The van der Waals surface area contributed by atoms with Crippen molar-refractivity contribution in [2.45, 2.75) is 6.54 Å². The van der Waals surface area contributed by atoms with Crippen molar-refractivity contribution in [3.8, 4) is 0 Å². The van der Waals surface area contributed by atoms with Crippen LogP contribution in [0.4, 0.5) is 18.9 Å².